The maximum Gasteiger partial charge on any atom is 0.341 e. The van der Waals surface area contributed by atoms with E-state index in [4.69, 9.17) is 26.1 Å². The Morgan fingerprint density at radius 1 is 1.22 bits per heavy atom. The van der Waals surface area contributed by atoms with Gasteiger partial charge in [0.2, 0.25) is 5.91 Å². The van der Waals surface area contributed by atoms with Gasteiger partial charge in [-0.15, -0.1) is 16.4 Å². The number of benzene rings is 1. The quantitative estimate of drug-likeness (QED) is 0.233. The molecule has 11 heteroatoms. The van der Waals surface area contributed by atoms with Gasteiger partial charge in [-0.05, 0) is 87.5 Å². The van der Waals surface area contributed by atoms with Crippen molar-refractivity contribution < 1.29 is 28.3 Å². The van der Waals surface area contributed by atoms with Crippen LogP contribution in [0, 0.1) is 11.8 Å². The fourth-order valence-electron chi connectivity index (χ4n) is 4.14. The number of amides is 1. The molecule has 0 spiro atoms. The number of thiophene rings is 1. The number of nitrogens with zero attached hydrogens (tertiary/aromatic N) is 2. The minimum absolute atomic E-state index is 0.0200. The van der Waals surface area contributed by atoms with Crippen molar-refractivity contribution in [1.82, 2.24) is 9.78 Å². The van der Waals surface area contributed by atoms with E-state index in [2.05, 4.69) is 16.5 Å². The summed E-state index contributed by atoms with van der Waals surface area (Å²) in [5.74, 6) is -0.323. The molecule has 9 nitrogen and oxygen atoms in total. The van der Waals surface area contributed by atoms with Gasteiger partial charge in [-0.2, -0.15) is 0 Å². The number of fused-ring (bicyclic) bond motifs is 1. The standard InChI is InChI=1S/C25H27N3O6S2/c1-4-32-24(31)21-14(2)22(15(3)29)36-23(21)26-19(30)12-28-25(35)34-20(27-28)13-33-18-10-9-16-7-5-6-8-17(16)11-18/h9-11H,4-8,12-13H2,1-3H3,(H,26,30). The molecular formula is C25H27N3O6S2. The van der Waals surface area contributed by atoms with Crippen LogP contribution in [0.25, 0.3) is 0 Å². The summed E-state index contributed by atoms with van der Waals surface area (Å²) in [6.07, 6.45) is 4.54. The van der Waals surface area contributed by atoms with Gasteiger partial charge in [-0.1, -0.05) is 6.07 Å². The van der Waals surface area contributed by atoms with E-state index in [1.807, 2.05) is 12.1 Å². The maximum absolute atomic E-state index is 12.8. The molecule has 1 aliphatic carbocycles. The topological polar surface area (TPSA) is 113 Å². The molecule has 0 saturated heterocycles. The largest absolute Gasteiger partial charge is 0.484 e. The summed E-state index contributed by atoms with van der Waals surface area (Å²) in [7, 11) is 0. The van der Waals surface area contributed by atoms with Crippen LogP contribution in [0.3, 0.4) is 0 Å². The molecule has 1 amide bonds. The van der Waals surface area contributed by atoms with Crippen molar-refractivity contribution in [2.24, 2.45) is 0 Å². The highest BCUT2D eigenvalue weighted by molar-refractivity contribution is 7.71. The molecule has 0 bridgehead atoms. The molecule has 36 heavy (non-hydrogen) atoms. The Hall–Kier alpha value is -3.31. The molecule has 3 aromatic rings. The number of carbonyl (C=O) groups is 3. The zero-order valence-corrected chi connectivity index (χ0v) is 22.0. The highest BCUT2D eigenvalue weighted by Gasteiger charge is 2.25. The van der Waals surface area contributed by atoms with Gasteiger partial charge in [0.25, 0.3) is 10.7 Å². The van der Waals surface area contributed by atoms with E-state index >= 15 is 0 Å². The van der Waals surface area contributed by atoms with E-state index in [-0.39, 0.29) is 46.8 Å². The summed E-state index contributed by atoms with van der Waals surface area (Å²) in [5.41, 5.74) is 3.31. The molecule has 0 saturated carbocycles. The van der Waals surface area contributed by atoms with Crippen LogP contribution in [0.15, 0.2) is 22.6 Å². The zero-order chi connectivity index (χ0) is 25.8. The summed E-state index contributed by atoms with van der Waals surface area (Å²) in [6, 6.07) is 6.08. The molecule has 2 heterocycles. The molecule has 4 rings (SSSR count). The van der Waals surface area contributed by atoms with E-state index in [1.54, 1.807) is 13.8 Å². The molecule has 0 aliphatic heterocycles. The first-order valence-corrected chi connectivity index (χ1v) is 12.9. The van der Waals surface area contributed by atoms with E-state index in [0.717, 1.165) is 29.9 Å². The molecule has 0 unspecified atom stereocenters. The normalized spacial score (nSPS) is 12.6. The van der Waals surface area contributed by atoms with Gasteiger partial charge < -0.3 is 19.2 Å². The van der Waals surface area contributed by atoms with Crippen molar-refractivity contribution in [1.29, 1.82) is 0 Å². The first kappa shape index (κ1) is 25.8. The van der Waals surface area contributed by atoms with Crippen LogP contribution >= 0.6 is 23.6 Å². The number of carbonyl (C=O) groups excluding carboxylic acids is 3. The average Bonchev–Trinajstić information content (AvgIpc) is 3.36. The number of ether oxygens (including phenoxy) is 2. The SMILES string of the molecule is CCOC(=O)c1c(NC(=O)Cn2nc(COc3ccc4c(c3)CCCC4)oc2=S)sc(C(C)=O)c1C. The predicted molar refractivity (Wildman–Crippen MR) is 136 cm³/mol. The third-order valence-electron chi connectivity index (χ3n) is 5.82. The third-order valence-corrected chi connectivity index (χ3v) is 7.42. The minimum Gasteiger partial charge on any atom is -0.484 e. The summed E-state index contributed by atoms with van der Waals surface area (Å²) in [4.78, 5) is 37.6. The lowest BCUT2D eigenvalue weighted by Gasteiger charge is -2.16. The Morgan fingerprint density at radius 2 is 1.97 bits per heavy atom. The number of aryl methyl sites for hydroxylation is 2. The second-order valence-electron chi connectivity index (χ2n) is 8.43. The minimum atomic E-state index is -0.603. The number of nitrogens with one attached hydrogen (secondary N) is 1. The van der Waals surface area contributed by atoms with Gasteiger partial charge in [0, 0.05) is 0 Å². The van der Waals surface area contributed by atoms with Crippen LogP contribution in [-0.2, 0) is 35.5 Å². The number of anilines is 1. The lowest BCUT2D eigenvalue weighted by atomic mass is 9.92. The number of aromatic nitrogens is 2. The number of ketones is 1. The maximum atomic E-state index is 12.8. The van der Waals surface area contributed by atoms with Crippen LogP contribution < -0.4 is 10.1 Å². The molecule has 1 aromatic carbocycles. The van der Waals surface area contributed by atoms with Crippen molar-refractivity contribution in [2.45, 2.75) is 59.6 Å². The Labute approximate surface area is 217 Å². The summed E-state index contributed by atoms with van der Waals surface area (Å²) < 4.78 is 17.7. The fourth-order valence-corrected chi connectivity index (χ4v) is 5.45. The first-order valence-electron chi connectivity index (χ1n) is 11.7. The lowest BCUT2D eigenvalue weighted by molar-refractivity contribution is -0.116. The Balaban J connectivity index is 1.43. The number of Topliss-reactive ketones (excluding diaryl/α,β-unsaturated/α-hetero) is 1. The highest BCUT2D eigenvalue weighted by atomic mass is 32.1. The Morgan fingerprint density at radius 3 is 2.69 bits per heavy atom. The van der Waals surface area contributed by atoms with Crippen molar-refractivity contribution >= 4 is 46.2 Å². The molecular weight excluding hydrogens is 502 g/mol. The molecule has 1 N–H and O–H groups in total. The van der Waals surface area contributed by atoms with Crippen LogP contribution in [0.2, 0.25) is 0 Å². The van der Waals surface area contributed by atoms with Crippen molar-refractivity contribution in [2.75, 3.05) is 11.9 Å². The number of esters is 1. The first-order chi connectivity index (χ1) is 17.3. The Bertz CT molecular complexity index is 1370. The Kier molecular flexibility index (Phi) is 8.00. The van der Waals surface area contributed by atoms with Gasteiger partial charge in [0.15, 0.2) is 12.4 Å². The van der Waals surface area contributed by atoms with Crippen molar-refractivity contribution in [3.05, 3.63) is 56.1 Å². The number of rotatable bonds is 9. The van der Waals surface area contributed by atoms with Crippen LogP contribution in [0.1, 0.15) is 69.3 Å². The average molecular weight is 530 g/mol. The monoisotopic (exact) mass is 529 g/mol. The van der Waals surface area contributed by atoms with Gasteiger partial charge in [-0.3, -0.25) is 9.59 Å². The van der Waals surface area contributed by atoms with Crippen LogP contribution in [0.5, 0.6) is 5.75 Å². The van der Waals surface area contributed by atoms with Gasteiger partial charge in [-0.25, -0.2) is 9.48 Å². The van der Waals surface area contributed by atoms with Crippen molar-refractivity contribution in [3.8, 4) is 5.75 Å². The summed E-state index contributed by atoms with van der Waals surface area (Å²) >= 11 is 6.24. The lowest BCUT2D eigenvalue weighted by Crippen LogP contribution is -2.21. The molecule has 190 valence electrons. The second kappa shape index (κ2) is 11.2. The third kappa shape index (κ3) is 5.73. The second-order valence-corrected chi connectivity index (χ2v) is 9.80. The van der Waals surface area contributed by atoms with Gasteiger partial charge in [0.05, 0.1) is 17.0 Å². The van der Waals surface area contributed by atoms with E-state index in [1.165, 1.54) is 35.6 Å². The number of hydrogen-bond acceptors (Lipinski definition) is 9. The molecule has 0 atom stereocenters. The molecule has 1 aliphatic rings. The molecule has 0 fully saturated rings. The summed E-state index contributed by atoms with van der Waals surface area (Å²) in [6.45, 7) is 4.73. The summed E-state index contributed by atoms with van der Waals surface area (Å²) in [5, 5.41) is 7.18. The van der Waals surface area contributed by atoms with Crippen LogP contribution in [0.4, 0.5) is 5.00 Å². The van der Waals surface area contributed by atoms with Gasteiger partial charge in [0.1, 0.15) is 17.3 Å². The van der Waals surface area contributed by atoms with E-state index in [0.29, 0.717) is 10.4 Å². The predicted octanol–water partition coefficient (Wildman–Crippen LogP) is 5.05. The van der Waals surface area contributed by atoms with Crippen molar-refractivity contribution in [3.63, 3.8) is 0 Å². The fraction of sp³-hybridized carbons (Fsp3) is 0.400. The number of hydrogen-bond donors (Lipinski definition) is 1. The van der Waals surface area contributed by atoms with E-state index in [9.17, 15) is 14.4 Å². The smallest absolute Gasteiger partial charge is 0.341 e. The molecule has 2 aromatic heterocycles. The van der Waals surface area contributed by atoms with Crippen LogP contribution in [-0.4, -0.2) is 34.0 Å². The van der Waals surface area contributed by atoms with E-state index < -0.39 is 11.9 Å². The van der Waals surface area contributed by atoms with Gasteiger partial charge >= 0.3 is 5.97 Å². The molecule has 0 radical (unpaired) electrons. The highest BCUT2D eigenvalue weighted by Crippen LogP contribution is 2.34. The zero-order valence-electron chi connectivity index (χ0n) is 20.3.